The number of rotatable bonds is 3. The third-order valence-corrected chi connectivity index (χ3v) is 3.88. The number of methoxy groups -OCH3 is 1. The summed E-state index contributed by atoms with van der Waals surface area (Å²) in [4.78, 5) is 14.2. The van der Waals surface area contributed by atoms with E-state index in [-0.39, 0.29) is 5.97 Å². The molecular weight excluding hydrogens is 202 g/mol. The van der Waals surface area contributed by atoms with Gasteiger partial charge in [0.2, 0.25) is 0 Å². The van der Waals surface area contributed by atoms with E-state index in [1.165, 1.54) is 13.5 Å². The van der Waals surface area contributed by atoms with Crippen LogP contribution in [0.1, 0.15) is 40.5 Å². The van der Waals surface area contributed by atoms with Gasteiger partial charge in [-0.25, -0.2) is 0 Å². The second kappa shape index (κ2) is 5.17. The Bertz CT molecular complexity index is 244. The SMILES string of the molecule is CC[C@](C)(C(=O)OC)N1C[C@H](C)C[C@@H](C)C1. The van der Waals surface area contributed by atoms with Crippen molar-refractivity contribution in [2.24, 2.45) is 11.8 Å². The summed E-state index contributed by atoms with van der Waals surface area (Å²) in [6.45, 7) is 10.6. The quantitative estimate of drug-likeness (QED) is 0.693. The van der Waals surface area contributed by atoms with Crippen LogP contribution in [0.15, 0.2) is 0 Å². The molecule has 0 unspecified atom stereocenters. The van der Waals surface area contributed by atoms with Gasteiger partial charge in [-0.3, -0.25) is 9.69 Å². The van der Waals surface area contributed by atoms with Gasteiger partial charge in [-0.1, -0.05) is 20.8 Å². The topological polar surface area (TPSA) is 29.5 Å². The average Bonchev–Trinajstić information content (AvgIpc) is 2.25. The first-order chi connectivity index (χ1) is 7.43. The molecule has 0 aromatic heterocycles. The number of esters is 1. The van der Waals surface area contributed by atoms with Gasteiger partial charge in [0.1, 0.15) is 5.54 Å². The van der Waals surface area contributed by atoms with Crippen LogP contribution < -0.4 is 0 Å². The first kappa shape index (κ1) is 13.5. The number of piperidine rings is 1. The number of carbonyl (C=O) groups excluding carboxylic acids is 1. The Morgan fingerprint density at radius 3 is 2.25 bits per heavy atom. The molecular formula is C13H25NO2. The Morgan fingerprint density at radius 1 is 1.38 bits per heavy atom. The summed E-state index contributed by atoms with van der Waals surface area (Å²) < 4.78 is 4.95. The fraction of sp³-hybridized carbons (Fsp3) is 0.923. The van der Waals surface area contributed by atoms with Gasteiger partial charge in [-0.2, -0.15) is 0 Å². The van der Waals surface area contributed by atoms with Gasteiger partial charge in [0, 0.05) is 13.1 Å². The zero-order chi connectivity index (χ0) is 12.3. The van der Waals surface area contributed by atoms with E-state index in [9.17, 15) is 4.79 Å². The van der Waals surface area contributed by atoms with Crippen molar-refractivity contribution in [3.63, 3.8) is 0 Å². The maximum Gasteiger partial charge on any atom is 0.325 e. The van der Waals surface area contributed by atoms with E-state index >= 15 is 0 Å². The maximum atomic E-state index is 11.9. The molecule has 1 rings (SSSR count). The monoisotopic (exact) mass is 227 g/mol. The van der Waals surface area contributed by atoms with Gasteiger partial charge >= 0.3 is 5.97 Å². The lowest BCUT2D eigenvalue weighted by Crippen LogP contribution is -2.57. The molecule has 0 bridgehead atoms. The summed E-state index contributed by atoms with van der Waals surface area (Å²) in [5.74, 6) is 1.23. The Balaban J connectivity index is 2.83. The Morgan fingerprint density at radius 2 is 1.88 bits per heavy atom. The zero-order valence-corrected chi connectivity index (χ0v) is 11.2. The number of hydrogen-bond donors (Lipinski definition) is 0. The number of ether oxygens (including phenoxy) is 1. The van der Waals surface area contributed by atoms with Crippen LogP contribution in [0.25, 0.3) is 0 Å². The highest BCUT2D eigenvalue weighted by atomic mass is 16.5. The number of nitrogens with zero attached hydrogens (tertiary/aromatic N) is 1. The van der Waals surface area contributed by atoms with Crippen LogP contribution in [-0.4, -0.2) is 36.6 Å². The van der Waals surface area contributed by atoms with Crippen LogP contribution in [0.4, 0.5) is 0 Å². The van der Waals surface area contributed by atoms with E-state index in [4.69, 9.17) is 4.74 Å². The third kappa shape index (κ3) is 2.57. The molecule has 3 atom stereocenters. The minimum absolute atomic E-state index is 0.101. The van der Waals surface area contributed by atoms with Crippen molar-refractivity contribution in [3.05, 3.63) is 0 Å². The predicted octanol–water partition coefficient (Wildman–Crippen LogP) is 2.31. The summed E-state index contributed by atoms with van der Waals surface area (Å²) in [7, 11) is 1.48. The van der Waals surface area contributed by atoms with Crippen molar-refractivity contribution in [1.29, 1.82) is 0 Å². The minimum Gasteiger partial charge on any atom is -0.468 e. The molecule has 0 saturated carbocycles. The molecule has 3 nitrogen and oxygen atoms in total. The van der Waals surface area contributed by atoms with Crippen molar-refractivity contribution in [3.8, 4) is 0 Å². The summed E-state index contributed by atoms with van der Waals surface area (Å²) in [6, 6.07) is 0. The van der Waals surface area contributed by atoms with Crippen molar-refractivity contribution >= 4 is 5.97 Å². The second-order valence-corrected chi connectivity index (χ2v) is 5.47. The molecule has 0 spiro atoms. The smallest absolute Gasteiger partial charge is 0.325 e. The Kier molecular flexibility index (Phi) is 4.36. The summed E-state index contributed by atoms with van der Waals surface area (Å²) in [5, 5.41) is 0. The second-order valence-electron chi connectivity index (χ2n) is 5.47. The van der Waals surface area contributed by atoms with E-state index in [1.54, 1.807) is 0 Å². The van der Waals surface area contributed by atoms with E-state index in [2.05, 4.69) is 25.7 Å². The predicted molar refractivity (Wildman–Crippen MR) is 65.2 cm³/mol. The largest absolute Gasteiger partial charge is 0.468 e. The molecule has 94 valence electrons. The first-order valence-corrected chi connectivity index (χ1v) is 6.27. The summed E-state index contributed by atoms with van der Waals surface area (Å²) in [5.41, 5.74) is -0.447. The molecule has 0 aromatic rings. The fourth-order valence-electron chi connectivity index (χ4n) is 2.78. The normalized spacial score (nSPS) is 30.8. The molecule has 1 aliphatic rings. The number of likely N-dealkylation sites (tertiary alicyclic amines) is 1. The average molecular weight is 227 g/mol. The summed E-state index contributed by atoms with van der Waals surface area (Å²) in [6.07, 6.45) is 2.07. The van der Waals surface area contributed by atoms with Gasteiger partial charge in [-0.15, -0.1) is 0 Å². The zero-order valence-electron chi connectivity index (χ0n) is 11.2. The molecule has 0 aliphatic carbocycles. The third-order valence-electron chi connectivity index (χ3n) is 3.88. The molecule has 1 fully saturated rings. The number of carbonyl (C=O) groups is 1. The van der Waals surface area contributed by atoms with Gasteiger partial charge < -0.3 is 4.74 Å². The Labute approximate surface area is 99.1 Å². The van der Waals surface area contributed by atoms with Crippen molar-refractivity contribution in [1.82, 2.24) is 4.90 Å². The van der Waals surface area contributed by atoms with Crippen LogP contribution >= 0.6 is 0 Å². The highest BCUT2D eigenvalue weighted by Crippen LogP contribution is 2.29. The Hall–Kier alpha value is -0.570. The highest BCUT2D eigenvalue weighted by molar-refractivity contribution is 5.80. The minimum atomic E-state index is -0.447. The molecule has 1 saturated heterocycles. The van der Waals surface area contributed by atoms with Gasteiger partial charge in [0.15, 0.2) is 0 Å². The molecule has 3 heteroatoms. The van der Waals surface area contributed by atoms with Crippen LogP contribution in [0, 0.1) is 11.8 Å². The molecule has 0 N–H and O–H groups in total. The van der Waals surface area contributed by atoms with E-state index in [1.807, 2.05) is 6.92 Å². The molecule has 1 heterocycles. The maximum absolute atomic E-state index is 11.9. The van der Waals surface area contributed by atoms with Crippen molar-refractivity contribution in [2.75, 3.05) is 20.2 Å². The van der Waals surface area contributed by atoms with Gasteiger partial charge in [0.05, 0.1) is 7.11 Å². The van der Waals surface area contributed by atoms with Gasteiger partial charge in [-0.05, 0) is 31.6 Å². The lowest BCUT2D eigenvalue weighted by Gasteiger charge is -2.44. The van der Waals surface area contributed by atoms with Gasteiger partial charge in [0.25, 0.3) is 0 Å². The van der Waals surface area contributed by atoms with Crippen LogP contribution in [0.5, 0.6) is 0 Å². The molecule has 0 aromatic carbocycles. The van der Waals surface area contributed by atoms with Crippen LogP contribution in [-0.2, 0) is 9.53 Å². The lowest BCUT2D eigenvalue weighted by molar-refractivity contribution is -0.156. The lowest BCUT2D eigenvalue weighted by atomic mass is 9.86. The fourth-order valence-corrected chi connectivity index (χ4v) is 2.78. The van der Waals surface area contributed by atoms with Crippen LogP contribution in [0.3, 0.4) is 0 Å². The van der Waals surface area contributed by atoms with Crippen molar-refractivity contribution < 1.29 is 9.53 Å². The van der Waals surface area contributed by atoms with E-state index in [0.29, 0.717) is 11.8 Å². The molecule has 16 heavy (non-hydrogen) atoms. The summed E-state index contributed by atoms with van der Waals surface area (Å²) >= 11 is 0. The molecule has 1 aliphatic heterocycles. The standard InChI is InChI=1S/C13H25NO2/c1-6-13(4,12(15)16-5)14-8-10(2)7-11(3)9-14/h10-11H,6-9H2,1-5H3/t10-,11-,13-/m1/s1. The highest BCUT2D eigenvalue weighted by Gasteiger charge is 2.41. The number of hydrogen-bond acceptors (Lipinski definition) is 3. The van der Waals surface area contributed by atoms with Crippen LogP contribution in [0.2, 0.25) is 0 Å². The molecule has 0 amide bonds. The van der Waals surface area contributed by atoms with Crippen molar-refractivity contribution in [2.45, 2.75) is 46.1 Å². The van der Waals surface area contributed by atoms with E-state index in [0.717, 1.165) is 19.5 Å². The first-order valence-electron chi connectivity index (χ1n) is 6.27. The molecule has 0 radical (unpaired) electrons. The van der Waals surface area contributed by atoms with E-state index < -0.39 is 5.54 Å².